The number of nitrogens with one attached hydrogen (secondary N) is 1. The number of ether oxygens (including phenoxy) is 1. The van der Waals surface area contributed by atoms with E-state index in [0.717, 1.165) is 6.07 Å². The molecule has 0 aliphatic heterocycles. The van der Waals surface area contributed by atoms with Crippen LogP contribution in [-0.2, 0) is 11.3 Å². The Kier molecular flexibility index (Phi) is 6.26. The van der Waals surface area contributed by atoms with Crippen LogP contribution < -0.4 is 10.1 Å². The lowest BCUT2D eigenvalue weighted by Gasteiger charge is -2.20. The second kappa shape index (κ2) is 8.40. The molecule has 2 rings (SSSR count). The normalized spacial score (nSPS) is 10.7. The van der Waals surface area contributed by atoms with Gasteiger partial charge in [0.15, 0.2) is 11.6 Å². The molecule has 0 heterocycles. The third-order valence-corrected chi connectivity index (χ3v) is 3.62. The second-order valence-corrected chi connectivity index (χ2v) is 5.26. The first kappa shape index (κ1) is 17.9. The maximum Gasteiger partial charge on any atom is 0.238 e. The molecule has 0 spiro atoms. The number of hydrogen-bond acceptors (Lipinski definition) is 3. The minimum Gasteiger partial charge on any atom is -0.495 e. The number of halogens is 2. The number of anilines is 1. The molecule has 0 aliphatic carbocycles. The van der Waals surface area contributed by atoms with Crippen LogP contribution in [0.5, 0.6) is 5.75 Å². The standard InChI is InChI=1S/C18H20F2N2O2/c1-3-22(11-13-7-6-8-14(19)18(13)20)12-17(23)21-15-9-4-5-10-16(15)24-2/h4-10H,3,11-12H2,1-2H3,(H,21,23). The van der Waals surface area contributed by atoms with Gasteiger partial charge in [0.1, 0.15) is 5.75 Å². The van der Waals surface area contributed by atoms with Gasteiger partial charge in [0.25, 0.3) is 0 Å². The Morgan fingerprint density at radius 3 is 2.62 bits per heavy atom. The van der Waals surface area contributed by atoms with Gasteiger partial charge in [-0.25, -0.2) is 8.78 Å². The minimum atomic E-state index is -0.887. The fourth-order valence-corrected chi connectivity index (χ4v) is 2.33. The molecular formula is C18H20F2N2O2. The maximum absolute atomic E-state index is 13.8. The van der Waals surface area contributed by atoms with Gasteiger partial charge < -0.3 is 10.1 Å². The van der Waals surface area contributed by atoms with Crippen LogP contribution in [0, 0.1) is 11.6 Å². The predicted octanol–water partition coefficient (Wildman–Crippen LogP) is 3.43. The van der Waals surface area contributed by atoms with Gasteiger partial charge >= 0.3 is 0 Å². The number of carbonyl (C=O) groups excluding carboxylic acids is 1. The topological polar surface area (TPSA) is 41.6 Å². The van der Waals surface area contributed by atoms with E-state index < -0.39 is 11.6 Å². The number of amides is 1. The van der Waals surface area contributed by atoms with Crippen molar-refractivity contribution in [2.24, 2.45) is 0 Å². The molecule has 1 N–H and O–H groups in total. The average Bonchev–Trinajstić information content (AvgIpc) is 2.58. The van der Waals surface area contributed by atoms with Crippen molar-refractivity contribution in [3.8, 4) is 5.75 Å². The zero-order valence-corrected chi connectivity index (χ0v) is 13.7. The third-order valence-electron chi connectivity index (χ3n) is 3.62. The second-order valence-electron chi connectivity index (χ2n) is 5.26. The van der Waals surface area contributed by atoms with E-state index in [9.17, 15) is 13.6 Å². The SMILES string of the molecule is CCN(CC(=O)Nc1ccccc1OC)Cc1cccc(F)c1F. The molecule has 0 saturated heterocycles. The van der Waals surface area contributed by atoms with Crippen LogP contribution in [0.1, 0.15) is 12.5 Å². The van der Waals surface area contributed by atoms with Gasteiger partial charge in [0, 0.05) is 12.1 Å². The van der Waals surface area contributed by atoms with E-state index in [2.05, 4.69) is 5.32 Å². The van der Waals surface area contributed by atoms with Crippen LogP contribution in [0.15, 0.2) is 42.5 Å². The summed E-state index contributed by atoms with van der Waals surface area (Å²) < 4.78 is 32.2. The van der Waals surface area contributed by atoms with Gasteiger partial charge in [-0.3, -0.25) is 9.69 Å². The van der Waals surface area contributed by atoms with Gasteiger partial charge in [0.2, 0.25) is 5.91 Å². The largest absolute Gasteiger partial charge is 0.495 e. The molecule has 0 aliphatic rings. The number of hydrogen-bond donors (Lipinski definition) is 1. The number of benzene rings is 2. The molecule has 2 aromatic carbocycles. The minimum absolute atomic E-state index is 0.0600. The molecule has 6 heteroatoms. The van der Waals surface area contributed by atoms with E-state index in [4.69, 9.17) is 4.74 Å². The molecule has 0 radical (unpaired) electrons. The lowest BCUT2D eigenvalue weighted by molar-refractivity contribution is -0.117. The first-order valence-electron chi connectivity index (χ1n) is 7.63. The van der Waals surface area contributed by atoms with Crippen LogP contribution in [0.3, 0.4) is 0 Å². The summed E-state index contributed by atoms with van der Waals surface area (Å²) >= 11 is 0. The average molecular weight is 334 g/mol. The molecule has 4 nitrogen and oxygen atoms in total. The van der Waals surface area contributed by atoms with Crippen molar-refractivity contribution in [3.63, 3.8) is 0 Å². The summed E-state index contributed by atoms with van der Waals surface area (Å²) in [7, 11) is 1.52. The van der Waals surface area contributed by atoms with Crippen molar-refractivity contribution in [3.05, 3.63) is 59.7 Å². The lowest BCUT2D eigenvalue weighted by Crippen LogP contribution is -2.33. The van der Waals surface area contributed by atoms with Crippen LogP contribution in [0.4, 0.5) is 14.5 Å². The number of likely N-dealkylation sites (N-methyl/N-ethyl adjacent to an activating group) is 1. The van der Waals surface area contributed by atoms with Crippen molar-refractivity contribution in [1.82, 2.24) is 4.90 Å². The van der Waals surface area contributed by atoms with Crippen molar-refractivity contribution in [1.29, 1.82) is 0 Å². The summed E-state index contributed by atoms with van der Waals surface area (Å²) in [6, 6.07) is 11.1. The zero-order chi connectivity index (χ0) is 17.5. The summed E-state index contributed by atoms with van der Waals surface area (Å²) in [5.41, 5.74) is 0.792. The van der Waals surface area contributed by atoms with Gasteiger partial charge in [-0.1, -0.05) is 31.2 Å². The molecular weight excluding hydrogens is 314 g/mol. The Labute approximate surface area is 140 Å². The first-order chi connectivity index (χ1) is 11.5. The van der Waals surface area contributed by atoms with Crippen molar-refractivity contribution in [2.45, 2.75) is 13.5 Å². The van der Waals surface area contributed by atoms with E-state index in [1.54, 1.807) is 29.2 Å². The molecule has 2 aromatic rings. The van der Waals surface area contributed by atoms with E-state index in [1.807, 2.05) is 6.92 Å². The van der Waals surface area contributed by atoms with E-state index in [0.29, 0.717) is 18.0 Å². The summed E-state index contributed by atoms with van der Waals surface area (Å²) in [6.45, 7) is 2.59. The van der Waals surface area contributed by atoms with Crippen LogP contribution in [-0.4, -0.2) is 31.0 Å². The van der Waals surface area contributed by atoms with E-state index in [1.165, 1.54) is 19.2 Å². The van der Waals surface area contributed by atoms with Crippen molar-refractivity contribution >= 4 is 11.6 Å². The summed E-state index contributed by atoms with van der Waals surface area (Å²) in [4.78, 5) is 13.9. The predicted molar refractivity (Wildman–Crippen MR) is 88.9 cm³/mol. The molecule has 1 amide bonds. The highest BCUT2D eigenvalue weighted by Gasteiger charge is 2.15. The summed E-state index contributed by atoms with van der Waals surface area (Å²) in [5, 5.41) is 2.76. The van der Waals surface area contributed by atoms with Gasteiger partial charge in [-0.2, -0.15) is 0 Å². The number of para-hydroxylation sites is 2. The van der Waals surface area contributed by atoms with Crippen molar-refractivity contribution < 1.29 is 18.3 Å². The molecule has 0 unspecified atom stereocenters. The van der Waals surface area contributed by atoms with Gasteiger partial charge in [0.05, 0.1) is 19.3 Å². The summed E-state index contributed by atoms with van der Waals surface area (Å²) in [5.74, 6) is -1.45. The van der Waals surface area contributed by atoms with Gasteiger partial charge in [-0.15, -0.1) is 0 Å². The quantitative estimate of drug-likeness (QED) is 0.843. The Hall–Kier alpha value is -2.47. The Morgan fingerprint density at radius 1 is 1.17 bits per heavy atom. The zero-order valence-electron chi connectivity index (χ0n) is 13.7. The van der Waals surface area contributed by atoms with E-state index in [-0.39, 0.29) is 24.6 Å². The third kappa shape index (κ3) is 4.52. The highest BCUT2D eigenvalue weighted by molar-refractivity contribution is 5.93. The first-order valence-corrected chi connectivity index (χ1v) is 7.63. The van der Waals surface area contributed by atoms with Crippen LogP contribution in [0.2, 0.25) is 0 Å². The fourth-order valence-electron chi connectivity index (χ4n) is 2.33. The Morgan fingerprint density at radius 2 is 1.92 bits per heavy atom. The highest BCUT2D eigenvalue weighted by Crippen LogP contribution is 2.23. The molecule has 0 saturated carbocycles. The Balaban J connectivity index is 2.02. The molecule has 0 aromatic heterocycles. The monoisotopic (exact) mass is 334 g/mol. The molecule has 128 valence electrons. The molecule has 0 atom stereocenters. The van der Waals surface area contributed by atoms with E-state index >= 15 is 0 Å². The number of rotatable bonds is 7. The smallest absolute Gasteiger partial charge is 0.238 e. The number of nitrogens with zero attached hydrogens (tertiary/aromatic N) is 1. The van der Waals surface area contributed by atoms with Gasteiger partial charge in [-0.05, 0) is 24.7 Å². The van der Waals surface area contributed by atoms with Crippen LogP contribution in [0.25, 0.3) is 0 Å². The molecule has 24 heavy (non-hydrogen) atoms. The Bertz CT molecular complexity index is 707. The number of carbonyl (C=O) groups is 1. The highest BCUT2D eigenvalue weighted by atomic mass is 19.2. The maximum atomic E-state index is 13.8. The molecule has 0 fully saturated rings. The fraction of sp³-hybridized carbons (Fsp3) is 0.278. The van der Waals surface area contributed by atoms with Crippen LogP contribution >= 0.6 is 0 Å². The summed E-state index contributed by atoms with van der Waals surface area (Å²) in [6.07, 6.45) is 0. The lowest BCUT2D eigenvalue weighted by atomic mass is 10.2. The number of methoxy groups -OCH3 is 1. The van der Waals surface area contributed by atoms with Crippen molar-refractivity contribution in [2.75, 3.05) is 25.5 Å². The molecule has 0 bridgehead atoms.